The van der Waals surface area contributed by atoms with E-state index in [0.717, 1.165) is 40.6 Å². The molecule has 0 radical (unpaired) electrons. The van der Waals surface area contributed by atoms with E-state index in [9.17, 15) is 0 Å². The van der Waals surface area contributed by atoms with Gasteiger partial charge < -0.3 is 10.1 Å². The van der Waals surface area contributed by atoms with Crippen molar-refractivity contribution in [2.75, 3.05) is 6.54 Å². The summed E-state index contributed by atoms with van der Waals surface area (Å²) < 4.78 is 6.02. The Hall–Kier alpha value is -1.22. The van der Waals surface area contributed by atoms with Crippen LogP contribution in [0.4, 0.5) is 0 Å². The summed E-state index contributed by atoms with van der Waals surface area (Å²) in [6, 6.07) is 9.63. The second-order valence-corrected chi connectivity index (χ2v) is 5.77. The van der Waals surface area contributed by atoms with Crippen LogP contribution in [0.5, 0.6) is 11.5 Å². The fourth-order valence-electron chi connectivity index (χ4n) is 2.15. The van der Waals surface area contributed by atoms with Crippen molar-refractivity contribution < 1.29 is 4.74 Å². The highest BCUT2D eigenvalue weighted by molar-refractivity contribution is 6.32. The van der Waals surface area contributed by atoms with Crippen molar-refractivity contribution in [3.63, 3.8) is 0 Å². The molecule has 0 aliphatic carbocycles. The van der Waals surface area contributed by atoms with Crippen LogP contribution in [-0.2, 0) is 6.54 Å². The molecule has 0 bridgehead atoms. The van der Waals surface area contributed by atoms with Crippen molar-refractivity contribution in [1.82, 2.24) is 5.32 Å². The van der Waals surface area contributed by atoms with Crippen LogP contribution < -0.4 is 10.1 Å². The highest BCUT2D eigenvalue weighted by atomic mass is 35.5. The molecule has 21 heavy (non-hydrogen) atoms. The Kier molecular flexibility index (Phi) is 5.51. The zero-order valence-corrected chi connectivity index (χ0v) is 14.0. The molecule has 0 saturated heterocycles. The predicted molar refractivity (Wildman–Crippen MR) is 89.8 cm³/mol. The van der Waals surface area contributed by atoms with E-state index in [1.807, 2.05) is 44.2 Å². The van der Waals surface area contributed by atoms with Crippen LogP contribution in [0.25, 0.3) is 0 Å². The van der Waals surface area contributed by atoms with Gasteiger partial charge in [0.05, 0.1) is 5.02 Å². The molecule has 1 N–H and O–H groups in total. The summed E-state index contributed by atoms with van der Waals surface area (Å²) in [6.45, 7) is 7.61. The molecule has 2 rings (SSSR count). The van der Waals surface area contributed by atoms with Gasteiger partial charge in [0.1, 0.15) is 11.5 Å². The van der Waals surface area contributed by atoms with Crippen LogP contribution in [0.15, 0.2) is 30.3 Å². The summed E-state index contributed by atoms with van der Waals surface area (Å²) in [5, 5.41) is 4.67. The Bertz CT molecular complexity index is 618. The molecule has 0 amide bonds. The molecule has 0 atom stereocenters. The SMILES string of the molecule is CCNCc1cccc(Cl)c1Oc1cc(C)c(Cl)c(C)c1. The third-order valence-electron chi connectivity index (χ3n) is 3.24. The number of hydrogen-bond donors (Lipinski definition) is 1. The van der Waals surface area contributed by atoms with Gasteiger partial charge in [-0.3, -0.25) is 0 Å². The number of hydrogen-bond acceptors (Lipinski definition) is 2. The standard InChI is InChI=1S/C17H19Cl2NO/c1-4-20-10-13-6-5-7-15(18)17(13)21-14-8-11(2)16(19)12(3)9-14/h5-9,20H,4,10H2,1-3H3. The first-order valence-corrected chi connectivity index (χ1v) is 7.71. The van der Waals surface area contributed by atoms with Crippen molar-refractivity contribution in [1.29, 1.82) is 0 Å². The van der Waals surface area contributed by atoms with E-state index in [2.05, 4.69) is 12.2 Å². The normalized spacial score (nSPS) is 10.7. The second kappa shape index (κ2) is 7.17. The minimum Gasteiger partial charge on any atom is -0.455 e. The molecule has 0 fully saturated rings. The molecule has 2 nitrogen and oxygen atoms in total. The largest absolute Gasteiger partial charge is 0.455 e. The van der Waals surface area contributed by atoms with Gasteiger partial charge >= 0.3 is 0 Å². The molecule has 2 aromatic carbocycles. The third-order valence-corrected chi connectivity index (χ3v) is 4.14. The molecule has 4 heteroatoms. The predicted octanol–water partition coefficient (Wildman–Crippen LogP) is 5.51. The highest BCUT2D eigenvalue weighted by Gasteiger charge is 2.11. The fourth-order valence-corrected chi connectivity index (χ4v) is 2.49. The van der Waals surface area contributed by atoms with E-state index >= 15 is 0 Å². The molecule has 0 aliphatic rings. The summed E-state index contributed by atoms with van der Waals surface area (Å²) in [7, 11) is 0. The molecule has 0 aromatic heterocycles. The maximum Gasteiger partial charge on any atom is 0.150 e. The number of benzene rings is 2. The Labute approximate surface area is 136 Å². The number of aryl methyl sites for hydroxylation is 2. The fraction of sp³-hybridized carbons (Fsp3) is 0.294. The van der Waals surface area contributed by atoms with E-state index in [1.165, 1.54) is 0 Å². The minimum atomic E-state index is 0.607. The van der Waals surface area contributed by atoms with Crippen molar-refractivity contribution in [2.45, 2.75) is 27.3 Å². The lowest BCUT2D eigenvalue weighted by Crippen LogP contribution is -2.12. The van der Waals surface area contributed by atoms with Crippen molar-refractivity contribution in [2.24, 2.45) is 0 Å². The van der Waals surface area contributed by atoms with Gasteiger partial charge in [-0.1, -0.05) is 42.3 Å². The summed E-state index contributed by atoms with van der Waals surface area (Å²) in [4.78, 5) is 0. The van der Waals surface area contributed by atoms with Crippen LogP contribution in [0.2, 0.25) is 10.0 Å². The van der Waals surface area contributed by atoms with Crippen LogP contribution in [-0.4, -0.2) is 6.54 Å². The first-order valence-electron chi connectivity index (χ1n) is 6.95. The molecule has 0 saturated carbocycles. The van der Waals surface area contributed by atoms with Gasteiger partial charge in [0, 0.05) is 17.1 Å². The lowest BCUT2D eigenvalue weighted by molar-refractivity contribution is 0.473. The summed E-state index contributed by atoms with van der Waals surface area (Å²) in [6.07, 6.45) is 0. The first kappa shape index (κ1) is 16.2. The van der Waals surface area contributed by atoms with E-state index in [-0.39, 0.29) is 0 Å². The quantitative estimate of drug-likeness (QED) is 0.783. The van der Waals surface area contributed by atoms with Gasteiger partial charge in [-0.25, -0.2) is 0 Å². The zero-order chi connectivity index (χ0) is 15.4. The van der Waals surface area contributed by atoms with Crippen LogP contribution >= 0.6 is 23.2 Å². The highest BCUT2D eigenvalue weighted by Crippen LogP contribution is 2.35. The molecule has 0 unspecified atom stereocenters. The zero-order valence-electron chi connectivity index (χ0n) is 12.5. The van der Waals surface area contributed by atoms with Gasteiger partial charge in [-0.05, 0) is 49.7 Å². The lowest BCUT2D eigenvalue weighted by atomic mass is 10.1. The van der Waals surface area contributed by atoms with Gasteiger partial charge in [-0.2, -0.15) is 0 Å². The maximum atomic E-state index is 6.29. The Morgan fingerprint density at radius 2 is 1.76 bits per heavy atom. The smallest absolute Gasteiger partial charge is 0.150 e. The lowest BCUT2D eigenvalue weighted by Gasteiger charge is -2.14. The van der Waals surface area contributed by atoms with Crippen molar-refractivity contribution >= 4 is 23.2 Å². The van der Waals surface area contributed by atoms with Gasteiger partial charge in [0.2, 0.25) is 0 Å². The van der Waals surface area contributed by atoms with E-state index in [0.29, 0.717) is 10.8 Å². The van der Waals surface area contributed by atoms with Crippen molar-refractivity contribution in [3.05, 3.63) is 57.1 Å². The summed E-state index contributed by atoms with van der Waals surface area (Å²) >= 11 is 12.5. The topological polar surface area (TPSA) is 21.3 Å². The maximum absolute atomic E-state index is 6.29. The molecule has 2 aromatic rings. The summed E-state index contributed by atoms with van der Waals surface area (Å²) in [5.74, 6) is 1.45. The van der Waals surface area contributed by atoms with Crippen LogP contribution in [0, 0.1) is 13.8 Å². The number of rotatable bonds is 5. The molecule has 0 spiro atoms. The van der Waals surface area contributed by atoms with Crippen molar-refractivity contribution in [3.8, 4) is 11.5 Å². The molecular weight excluding hydrogens is 305 g/mol. The average molecular weight is 324 g/mol. The summed E-state index contributed by atoms with van der Waals surface area (Å²) in [5.41, 5.74) is 3.02. The number of ether oxygens (including phenoxy) is 1. The molecular formula is C17H19Cl2NO. The first-order chi connectivity index (χ1) is 10.0. The number of nitrogens with one attached hydrogen (secondary N) is 1. The average Bonchev–Trinajstić information content (AvgIpc) is 2.45. The van der Waals surface area contributed by atoms with E-state index in [4.69, 9.17) is 27.9 Å². The van der Waals surface area contributed by atoms with Crippen LogP contribution in [0.1, 0.15) is 23.6 Å². The van der Waals surface area contributed by atoms with Crippen LogP contribution in [0.3, 0.4) is 0 Å². The minimum absolute atomic E-state index is 0.607. The van der Waals surface area contributed by atoms with Gasteiger partial charge in [0.15, 0.2) is 0 Å². The molecule has 112 valence electrons. The van der Waals surface area contributed by atoms with Gasteiger partial charge in [0.25, 0.3) is 0 Å². The Balaban J connectivity index is 2.34. The second-order valence-electron chi connectivity index (χ2n) is 4.98. The monoisotopic (exact) mass is 323 g/mol. The van der Waals surface area contributed by atoms with Gasteiger partial charge in [-0.15, -0.1) is 0 Å². The molecule has 0 heterocycles. The number of para-hydroxylation sites is 1. The Morgan fingerprint density at radius 1 is 1.10 bits per heavy atom. The third kappa shape index (κ3) is 3.91. The van der Waals surface area contributed by atoms with E-state index in [1.54, 1.807) is 0 Å². The number of halogens is 2. The van der Waals surface area contributed by atoms with E-state index < -0.39 is 0 Å². The molecule has 0 aliphatic heterocycles. The Morgan fingerprint density at radius 3 is 2.38 bits per heavy atom.